The summed E-state index contributed by atoms with van der Waals surface area (Å²) in [6, 6.07) is 6.11. The van der Waals surface area contributed by atoms with Gasteiger partial charge in [0.1, 0.15) is 5.82 Å². The van der Waals surface area contributed by atoms with Crippen LogP contribution in [0.15, 0.2) is 24.3 Å². The lowest BCUT2D eigenvalue weighted by molar-refractivity contribution is -0.138. The highest BCUT2D eigenvalue weighted by Gasteiger charge is 2.36. The molecule has 1 saturated carbocycles. The van der Waals surface area contributed by atoms with E-state index in [0.29, 0.717) is 6.54 Å². The van der Waals surface area contributed by atoms with Crippen molar-refractivity contribution in [3.63, 3.8) is 0 Å². The number of carbonyl (C=O) groups excluding carboxylic acids is 2. The summed E-state index contributed by atoms with van der Waals surface area (Å²) < 4.78 is 13.1. The van der Waals surface area contributed by atoms with Crippen LogP contribution in [0, 0.1) is 11.7 Å². The number of hydrogen-bond acceptors (Lipinski definition) is 2. The monoisotopic (exact) mass is 346 g/mol. The van der Waals surface area contributed by atoms with Gasteiger partial charge in [0.05, 0.1) is 12.3 Å². The first-order chi connectivity index (χ1) is 12.1. The van der Waals surface area contributed by atoms with Crippen molar-refractivity contribution >= 4 is 11.8 Å². The third-order valence-electron chi connectivity index (χ3n) is 5.43. The van der Waals surface area contributed by atoms with Gasteiger partial charge in [0.2, 0.25) is 11.8 Å². The zero-order valence-electron chi connectivity index (χ0n) is 14.7. The molecule has 0 aromatic heterocycles. The van der Waals surface area contributed by atoms with Gasteiger partial charge in [-0.1, -0.05) is 25.0 Å². The Morgan fingerprint density at radius 2 is 1.84 bits per heavy atom. The van der Waals surface area contributed by atoms with E-state index in [1.54, 1.807) is 12.1 Å². The standard InChI is InChI=1S/C20H27FN2O2/c21-16-10-8-15(9-11-16)14-19(24)23-13-5-1-4-12-22-20(25)17-6-2-3-7-18(17)23/h8-11,17-18H,1-7,12-14H2,(H,22,25)/t17-,18+/m1/s1. The van der Waals surface area contributed by atoms with Gasteiger partial charge in [-0.05, 0) is 49.8 Å². The van der Waals surface area contributed by atoms with Gasteiger partial charge >= 0.3 is 0 Å². The van der Waals surface area contributed by atoms with Gasteiger partial charge in [0, 0.05) is 19.1 Å². The Morgan fingerprint density at radius 3 is 2.64 bits per heavy atom. The maximum atomic E-state index is 13.1. The molecule has 1 aromatic carbocycles. The molecule has 2 atom stereocenters. The second-order valence-corrected chi connectivity index (χ2v) is 7.20. The van der Waals surface area contributed by atoms with Crippen LogP contribution in [0.4, 0.5) is 4.39 Å². The Morgan fingerprint density at radius 1 is 1.08 bits per heavy atom. The summed E-state index contributed by atoms with van der Waals surface area (Å²) in [5.41, 5.74) is 0.820. The van der Waals surface area contributed by atoms with Gasteiger partial charge in [-0.2, -0.15) is 0 Å². The lowest BCUT2D eigenvalue weighted by Gasteiger charge is -2.40. The van der Waals surface area contributed by atoms with Crippen LogP contribution in [-0.4, -0.2) is 35.8 Å². The highest BCUT2D eigenvalue weighted by molar-refractivity contribution is 5.82. The predicted molar refractivity (Wildman–Crippen MR) is 94.4 cm³/mol. The second kappa shape index (κ2) is 8.45. The topological polar surface area (TPSA) is 49.4 Å². The van der Waals surface area contributed by atoms with Crippen LogP contribution in [0.3, 0.4) is 0 Å². The zero-order valence-corrected chi connectivity index (χ0v) is 14.7. The van der Waals surface area contributed by atoms with E-state index in [4.69, 9.17) is 0 Å². The molecule has 136 valence electrons. The van der Waals surface area contributed by atoms with Crippen LogP contribution >= 0.6 is 0 Å². The third-order valence-corrected chi connectivity index (χ3v) is 5.43. The van der Waals surface area contributed by atoms with Crippen molar-refractivity contribution in [2.24, 2.45) is 5.92 Å². The fraction of sp³-hybridized carbons (Fsp3) is 0.600. The molecule has 0 unspecified atom stereocenters. The molecule has 1 aromatic rings. The molecule has 2 fully saturated rings. The second-order valence-electron chi connectivity index (χ2n) is 7.20. The fourth-order valence-electron chi connectivity index (χ4n) is 4.07. The number of nitrogens with zero attached hydrogens (tertiary/aromatic N) is 1. The summed E-state index contributed by atoms with van der Waals surface area (Å²) in [7, 11) is 0. The van der Waals surface area contributed by atoms with Gasteiger partial charge in [-0.3, -0.25) is 9.59 Å². The number of hydrogen-bond donors (Lipinski definition) is 1. The Bertz CT molecular complexity index is 602. The number of nitrogens with one attached hydrogen (secondary N) is 1. The number of carbonyl (C=O) groups is 2. The fourth-order valence-corrected chi connectivity index (χ4v) is 4.07. The molecule has 1 saturated heterocycles. The van der Waals surface area contributed by atoms with Crippen molar-refractivity contribution < 1.29 is 14.0 Å². The summed E-state index contributed by atoms with van der Waals surface area (Å²) in [6.07, 6.45) is 7.08. The summed E-state index contributed by atoms with van der Waals surface area (Å²) in [6.45, 7) is 1.46. The lowest BCUT2D eigenvalue weighted by Crippen LogP contribution is -2.52. The van der Waals surface area contributed by atoms with Crippen molar-refractivity contribution in [2.45, 2.75) is 57.4 Å². The van der Waals surface area contributed by atoms with Crippen LogP contribution in [0.25, 0.3) is 0 Å². The van der Waals surface area contributed by atoms with Crippen molar-refractivity contribution in [1.82, 2.24) is 10.2 Å². The Kier molecular flexibility index (Phi) is 6.05. The Hall–Kier alpha value is -1.91. The minimum Gasteiger partial charge on any atom is -0.356 e. The average molecular weight is 346 g/mol. The smallest absolute Gasteiger partial charge is 0.227 e. The highest BCUT2D eigenvalue weighted by atomic mass is 19.1. The molecule has 0 spiro atoms. The number of halogens is 1. The van der Waals surface area contributed by atoms with Crippen molar-refractivity contribution in [1.29, 1.82) is 0 Å². The molecule has 1 aliphatic carbocycles. The predicted octanol–water partition coefficient (Wildman–Crippen LogP) is 3.06. The maximum absolute atomic E-state index is 13.1. The molecule has 0 radical (unpaired) electrons. The molecule has 5 heteroatoms. The SMILES string of the molecule is O=C1NCCCCCN(C(=O)Cc2ccc(F)cc2)[C@H]2CCCC[C@@H]12. The minimum atomic E-state index is -0.292. The number of benzene rings is 1. The third kappa shape index (κ3) is 4.59. The van der Waals surface area contributed by atoms with Crippen molar-refractivity contribution in [3.05, 3.63) is 35.6 Å². The van der Waals surface area contributed by atoms with Gasteiger partial charge in [-0.15, -0.1) is 0 Å². The van der Waals surface area contributed by atoms with Gasteiger partial charge in [0.25, 0.3) is 0 Å². The minimum absolute atomic E-state index is 0.000187. The van der Waals surface area contributed by atoms with Crippen LogP contribution in [0.2, 0.25) is 0 Å². The molecule has 0 bridgehead atoms. The lowest BCUT2D eigenvalue weighted by atomic mass is 9.82. The molecule has 2 amide bonds. The number of amides is 2. The van der Waals surface area contributed by atoms with E-state index in [9.17, 15) is 14.0 Å². The van der Waals surface area contributed by atoms with Crippen LogP contribution in [0.5, 0.6) is 0 Å². The van der Waals surface area contributed by atoms with Gasteiger partial charge in [0.15, 0.2) is 0 Å². The molecule has 25 heavy (non-hydrogen) atoms. The molecule has 2 aliphatic rings. The van der Waals surface area contributed by atoms with E-state index in [1.807, 2.05) is 4.90 Å². The van der Waals surface area contributed by atoms with Gasteiger partial charge in [-0.25, -0.2) is 4.39 Å². The van der Waals surface area contributed by atoms with E-state index in [-0.39, 0.29) is 36.0 Å². The normalized spacial score (nSPS) is 25.0. The molecule has 1 aliphatic heterocycles. The quantitative estimate of drug-likeness (QED) is 0.895. The molecular formula is C20H27FN2O2. The summed E-state index contributed by atoms with van der Waals surface area (Å²) in [5, 5.41) is 3.05. The zero-order chi connectivity index (χ0) is 17.6. The first-order valence-corrected chi connectivity index (χ1v) is 9.47. The summed E-state index contributed by atoms with van der Waals surface area (Å²) in [5.74, 6) is -0.230. The van der Waals surface area contributed by atoms with Crippen molar-refractivity contribution in [3.8, 4) is 0 Å². The first-order valence-electron chi connectivity index (χ1n) is 9.47. The van der Waals surface area contributed by atoms with E-state index in [2.05, 4.69) is 5.32 Å². The highest BCUT2D eigenvalue weighted by Crippen LogP contribution is 2.30. The number of fused-ring (bicyclic) bond motifs is 1. The maximum Gasteiger partial charge on any atom is 0.227 e. The first kappa shape index (κ1) is 17.9. The molecule has 3 rings (SSSR count). The van der Waals surface area contributed by atoms with E-state index in [1.165, 1.54) is 12.1 Å². The molecule has 1 N–H and O–H groups in total. The average Bonchev–Trinajstić information content (AvgIpc) is 2.63. The van der Waals surface area contributed by atoms with Gasteiger partial charge < -0.3 is 10.2 Å². The van der Waals surface area contributed by atoms with E-state index < -0.39 is 0 Å². The van der Waals surface area contributed by atoms with E-state index >= 15 is 0 Å². The molecule has 4 nitrogen and oxygen atoms in total. The molecular weight excluding hydrogens is 319 g/mol. The molecule has 1 heterocycles. The van der Waals surface area contributed by atoms with Crippen molar-refractivity contribution in [2.75, 3.05) is 13.1 Å². The summed E-state index contributed by atoms with van der Waals surface area (Å²) >= 11 is 0. The largest absolute Gasteiger partial charge is 0.356 e. The Balaban J connectivity index is 1.77. The summed E-state index contributed by atoms with van der Waals surface area (Å²) in [4.78, 5) is 27.5. The van der Waals surface area contributed by atoms with E-state index in [0.717, 1.165) is 57.1 Å². The van der Waals surface area contributed by atoms with Crippen LogP contribution in [-0.2, 0) is 16.0 Å². The Labute approximate surface area is 148 Å². The van der Waals surface area contributed by atoms with Crippen LogP contribution < -0.4 is 5.32 Å². The van der Waals surface area contributed by atoms with Crippen LogP contribution in [0.1, 0.15) is 50.5 Å². The number of rotatable bonds is 2.